The summed E-state index contributed by atoms with van der Waals surface area (Å²) in [6, 6.07) is 76.1. The Kier molecular flexibility index (Phi) is 6.82. The van der Waals surface area contributed by atoms with Gasteiger partial charge in [-0.25, -0.2) is 0 Å². The standard InChI is InChI=1S/C51H34/c1-4-15-35(16-5-1)36-27-29-38(30-28-36)42-31-32-44(43-25-14-18-37-17-10-11-23-41(37)43)46-33-48-45-24-12-13-26-49(45)51(50(48)34-47(42)46,39-19-6-2-7-20-39)40-21-8-3-9-22-40/h1-34H. The molecule has 0 atom stereocenters. The van der Waals surface area contributed by atoms with Crippen LogP contribution in [0, 0.1) is 0 Å². The topological polar surface area (TPSA) is 0 Å². The fourth-order valence-corrected chi connectivity index (χ4v) is 8.70. The first kappa shape index (κ1) is 29.4. The number of rotatable bonds is 5. The Balaban J connectivity index is 1.31. The molecule has 0 radical (unpaired) electrons. The molecule has 238 valence electrons. The van der Waals surface area contributed by atoms with Crippen LogP contribution in [-0.4, -0.2) is 0 Å². The minimum atomic E-state index is -0.466. The van der Waals surface area contributed by atoms with Crippen molar-refractivity contribution in [3.05, 3.63) is 229 Å². The van der Waals surface area contributed by atoms with E-state index in [2.05, 4.69) is 206 Å². The minimum Gasteiger partial charge on any atom is -0.0622 e. The average molecular weight is 647 g/mol. The van der Waals surface area contributed by atoms with Crippen LogP contribution in [0.3, 0.4) is 0 Å². The summed E-state index contributed by atoms with van der Waals surface area (Å²) in [6.07, 6.45) is 0. The molecule has 0 saturated carbocycles. The molecule has 51 heavy (non-hydrogen) atoms. The zero-order chi connectivity index (χ0) is 33.8. The zero-order valence-electron chi connectivity index (χ0n) is 28.1. The van der Waals surface area contributed by atoms with Gasteiger partial charge in [0.25, 0.3) is 0 Å². The van der Waals surface area contributed by atoms with Gasteiger partial charge in [0.2, 0.25) is 0 Å². The van der Waals surface area contributed by atoms with Crippen LogP contribution in [0.15, 0.2) is 206 Å². The van der Waals surface area contributed by atoms with Gasteiger partial charge in [0, 0.05) is 0 Å². The Hall–Kier alpha value is -6.50. The van der Waals surface area contributed by atoms with E-state index in [1.165, 1.54) is 88.3 Å². The highest BCUT2D eigenvalue weighted by Crippen LogP contribution is 2.57. The third-order valence-corrected chi connectivity index (χ3v) is 11.0. The summed E-state index contributed by atoms with van der Waals surface area (Å²) >= 11 is 0. The lowest BCUT2D eigenvalue weighted by atomic mass is 9.67. The summed E-state index contributed by atoms with van der Waals surface area (Å²) in [6.45, 7) is 0. The molecule has 1 aliphatic rings. The molecule has 0 heteroatoms. The summed E-state index contributed by atoms with van der Waals surface area (Å²) in [5.74, 6) is 0. The maximum atomic E-state index is 2.53. The molecule has 0 fully saturated rings. The minimum absolute atomic E-state index is 0.466. The molecule has 9 aromatic carbocycles. The molecule has 0 spiro atoms. The van der Waals surface area contributed by atoms with Gasteiger partial charge in [0.1, 0.15) is 0 Å². The molecule has 0 unspecified atom stereocenters. The fourth-order valence-electron chi connectivity index (χ4n) is 8.70. The first-order valence-corrected chi connectivity index (χ1v) is 17.8. The van der Waals surface area contributed by atoms with Crippen LogP contribution in [0.4, 0.5) is 0 Å². The van der Waals surface area contributed by atoms with E-state index in [4.69, 9.17) is 0 Å². The van der Waals surface area contributed by atoms with Crippen LogP contribution < -0.4 is 0 Å². The fraction of sp³-hybridized carbons (Fsp3) is 0.0196. The molecule has 10 rings (SSSR count). The Bertz CT molecular complexity index is 2660. The smallest absolute Gasteiger partial charge is 0.0622 e. The SMILES string of the molecule is c1ccc(-c2ccc(-c3ccc(-c4cccc5ccccc45)c4cc5c(cc34)C(c3ccccc3)(c3ccccc3)c3ccccc3-5)cc2)cc1. The van der Waals surface area contributed by atoms with Crippen molar-refractivity contribution < 1.29 is 0 Å². The molecule has 0 heterocycles. The quantitative estimate of drug-likeness (QED) is 0.175. The first-order valence-electron chi connectivity index (χ1n) is 17.8. The van der Waals surface area contributed by atoms with Gasteiger partial charge in [0.05, 0.1) is 5.41 Å². The van der Waals surface area contributed by atoms with Crippen molar-refractivity contribution in [1.29, 1.82) is 0 Å². The second kappa shape index (κ2) is 11.8. The number of fused-ring (bicyclic) bond motifs is 5. The van der Waals surface area contributed by atoms with Gasteiger partial charge in [0.15, 0.2) is 0 Å². The van der Waals surface area contributed by atoms with Crippen LogP contribution in [0.25, 0.3) is 66.1 Å². The van der Waals surface area contributed by atoms with Crippen LogP contribution in [0.5, 0.6) is 0 Å². The molecule has 0 N–H and O–H groups in total. The predicted molar refractivity (Wildman–Crippen MR) is 215 cm³/mol. The highest BCUT2D eigenvalue weighted by Gasteiger charge is 2.46. The Morgan fingerprint density at radius 2 is 0.765 bits per heavy atom. The van der Waals surface area contributed by atoms with Crippen LogP contribution >= 0.6 is 0 Å². The second-order valence-electron chi connectivity index (χ2n) is 13.6. The lowest BCUT2D eigenvalue weighted by Crippen LogP contribution is -2.28. The maximum Gasteiger partial charge on any atom is 0.0713 e. The molecule has 0 aliphatic heterocycles. The van der Waals surface area contributed by atoms with Crippen molar-refractivity contribution in [2.45, 2.75) is 5.41 Å². The normalized spacial score (nSPS) is 12.9. The van der Waals surface area contributed by atoms with Crippen molar-refractivity contribution in [3.63, 3.8) is 0 Å². The van der Waals surface area contributed by atoms with Crippen molar-refractivity contribution in [1.82, 2.24) is 0 Å². The van der Waals surface area contributed by atoms with Gasteiger partial charge < -0.3 is 0 Å². The highest BCUT2D eigenvalue weighted by molar-refractivity contribution is 6.12. The summed E-state index contributed by atoms with van der Waals surface area (Å²) in [4.78, 5) is 0. The van der Waals surface area contributed by atoms with Gasteiger partial charge in [-0.2, -0.15) is 0 Å². The maximum absolute atomic E-state index is 2.53. The van der Waals surface area contributed by atoms with Crippen molar-refractivity contribution in [2.24, 2.45) is 0 Å². The Morgan fingerprint density at radius 1 is 0.255 bits per heavy atom. The molecule has 0 bridgehead atoms. The molecule has 0 nitrogen and oxygen atoms in total. The van der Waals surface area contributed by atoms with Gasteiger partial charge in [-0.1, -0.05) is 194 Å². The first-order chi connectivity index (χ1) is 25.3. The summed E-state index contributed by atoms with van der Waals surface area (Å²) in [5.41, 5.74) is 14.7. The van der Waals surface area contributed by atoms with Crippen LogP contribution in [0.2, 0.25) is 0 Å². The van der Waals surface area contributed by atoms with E-state index in [0.717, 1.165) is 0 Å². The lowest BCUT2D eigenvalue weighted by molar-refractivity contribution is 0.769. The largest absolute Gasteiger partial charge is 0.0713 e. The van der Waals surface area contributed by atoms with E-state index in [9.17, 15) is 0 Å². The molecule has 0 amide bonds. The van der Waals surface area contributed by atoms with Crippen molar-refractivity contribution in [2.75, 3.05) is 0 Å². The van der Waals surface area contributed by atoms with Crippen LogP contribution in [-0.2, 0) is 5.41 Å². The summed E-state index contributed by atoms with van der Waals surface area (Å²) in [5, 5.41) is 5.05. The van der Waals surface area contributed by atoms with Gasteiger partial charge in [-0.3, -0.25) is 0 Å². The summed E-state index contributed by atoms with van der Waals surface area (Å²) in [7, 11) is 0. The van der Waals surface area contributed by atoms with E-state index in [1.807, 2.05) is 0 Å². The Morgan fingerprint density at radius 3 is 1.51 bits per heavy atom. The molecular formula is C51H34. The monoisotopic (exact) mass is 646 g/mol. The molecule has 1 aliphatic carbocycles. The Labute approximate surface area is 298 Å². The molecule has 0 saturated heterocycles. The van der Waals surface area contributed by atoms with E-state index in [0.29, 0.717) is 0 Å². The van der Waals surface area contributed by atoms with E-state index < -0.39 is 5.41 Å². The predicted octanol–water partition coefficient (Wildman–Crippen LogP) is 13.4. The number of hydrogen-bond donors (Lipinski definition) is 0. The molecule has 9 aromatic rings. The van der Waals surface area contributed by atoms with Gasteiger partial charge in [-0.05, 0) is 100 Å². The average Bonchev–Trinajstić information content (AvgIpc) is 3.50. The highest BCUT2D eigenvalue weighted by atomic mass is 14.5. The molecular weight excluding hydrogens is 613 g/mol. The van der Waals surface area contributed by atoms with Crippen molar-refractivity contribution >= 4 is 21.5 Å². The number of hydrogen-bond acceptors (Lipinski definition) is 0. The van der Waals surface area contributed by atoms with Crippen molar-refractivity contribution in [3.8, 4) is 44.5 Å². The number of benzene rings is 9. The van der Waals surface area contributed by atoms with Crippen LogP contribution in [0.1, 0.15) is 22.3 Å². The van der Waals surface area contributed by atoms with E-state index in [1.54, 1.807) is 0 Å². The third kappa shape index (κ3) is 4.54. The zero-order valence-corrected chi connectivity index (χ0v) is 28.1. The van der Waals surface area contributed by atoms with E-state index in [-0.39, 0.29) is 0 Å². The summed E-state index contributed by atoms with van der Waals surface area (Å²) < 4.78 is 0. The molecule has 0 aromatic heterocycles. The van der Waals surface area contributed by atoms with E-state index >= 15 is 0 Å². The lowest BCUT2D eigenvalue weighted by Gasteiger charge is -2.34. The third-order valence-electron chi connectivity index (χ3n) is 11.0. The van der Waals surface area contributed by atoms with Gasteiger partial charge in [-0.15, -0.1) is 0 Å². The second-order valence-corrected chi connectivity index (χ2v) is 13.6. The van der Waals surface area contributed by atoms with Gasteiger partial charge >= 0.3 is 0 Å².